The molecule has 0 saturated heterocycles. The number of aliphatic hydroxyl groups excluding tert-OH is 2. The molecule has 1 amide bonds. The summed E-state index contributed by atoms with van der Waals surface area (Å²) in [6, 6.07) is 26.8. The third-order valence-corrected chi connectivity index (χ3v) is 6.59. The molecule has 2 atom stereocenters. The van der Waals surface area contributed by atoms with Gasteiger partial charge in [0.25, 0.3) is 0 Å². The first kappa shape index (κ1) is 22.8. The molecule has 1 aliphatic carbocycles. The summed E-state index contributed by atoms with van der Waals surface area (Å²) in [7, 11) is 0. The molecule has 3 N–H and O–H groups in total. The van der Waals surface area contributed by atoms with Crippen molar-refractivity contribution in [3.63, 3.8) is 0 Å². The van der Waals surface area contributed by atoms with E-state index in [1.165, 1.54) is 0 Å². The van der Waals surface area contributed by atoms with Crippen LogP contribution in [0.25, 0.3) is 21.9 Å². The normalized spacial score (nSPS) is 14.1. The molecule has 5 rings (SSSR count). The molecule has 6 nitrogen and oxygen atoms in total. The Morgan fingerprint density at radius 3 is 2.20 bits per heavy atom. The minimum atomic E-state index is -1.37. The van der Waals surface area contributed by atoms with E-state index >= 15 is 0 Å². The Morgan fingerprint density at radius 2 is 1.51 bits per heavy atom. The van der Waals surface area contributed by atoms with Crippen LogP contribution in [0.1, 0.15) is 39.1 Å². The van der Waals surface area contributed by atoms with Crippen LogP contribution in [0.3, 0.4) is 0 Å². The highest BCUT2D eigenvalue weighted by Gasteiger charge is 2.29. The predicted molar refractivity (Wildman–Crippen MR) is 133 cm³/mol. The molecule has 2 unspecified atom stereocenters. The van der Waals surface area contributed by atoms with Crippen molar-refractivity contribution in [2.45, 2.75) is 18.1 Å². The van der Waals surface area contributed by atoms with Gasteiger partial charge in [0.1, 0.15) is 25.1 Å². The Kier molecular flexibility index (Phi) is 6.31. The first-order valence-electron chi connectivity index (χ1n) is 11.5. The highest BCUT2D eigenvalue weighted by Crippen LogP contribution is 2.44. The number of hydrogen-bond donors (Lipinski definition) is 3. The number of rotatable bonds is 7. The largest absolute Gasteiger partial charge is 0.449 e. The number of fused-ring (bicyclic) bond motifs is 4. The van der Waals surface area contributed by atoms with Gasteiger partial charge in [-0.15, -0.1) is 0 Å². The molecule has 0 saturated carbocycles. The van der Waals surface area contributed by atoms with Gasteiger partial charge in [-0.05, 0) is 33.0 Å². The fraction of sp³-hybridized carbons (Fsp3) is 0.172. The van der Waals surface area contributed by atoms with Crippen LogP contribution < -0.4 is 5.32 Å². The van der Waals surface area contributed by atoms with Gasteiger partial charge in [-0.1, -0.05) is 84.9 Å². The summed E-state index contributed by atoms with van der Waals surface area (Å²) in [4.78, 5) is 24.0. The Balaban J connectivity index is 1.24. The lowest BCUT2D eigenvalue weighted by Gasteiger charge is -2.22. The van der Waals surface area contributed by atoms with Gasteiger partial charge in [0.2, 0.25) is 0 Å². The van der Waals surface area contributed by atoms with E-state index in [1.807, 2.05) is 48.5 Å². The zero-order valence-electron chi connectivity index (χ0n) is 18.9. The van der Waals surface area contributed by atoms with Gasteiger partial charge in [-0.25, -0.2) is 4.79 Å². The Morgan fingerprint density at radius 1 is 0.886 bits per heavy atom. The van der Waals surface area contributed by atoms with Crippen molar-refractivity contribution in [2.24, 2.45) is 0 Å². The molecule has 6 heteroatoms. The van der Waals surface area contributed by atoms with Crippen LogP contribution in [0.5, 0.6) is 0 Å². The molecule has 0 aromatic heterocycles. The minimum Gasteiger partial charge on any atom is -0.449 e. The summed E-state index contributed by atoms with van der Waals surface area (Å²) in [5.41, 5.74) is 5.10. The first-order chi connectivity index (χ1) is 17.1. The van der Waals surface area contributed by atoms with E-state index in [0.29, 0.717) is 17.2 Å². The maximum Gasteiger partial charge on any atom is 0.407 e. The second-order valence-corrected chi connectivity index (χ2v) is 8.63. The molecule has 0 heterocycles. The van der Waals surface area contributed by atoms with Crippen LogP contribution in [0.4, 0.5) is 4.79 Å². The summed E-state index contributed by atoms with van der Waals surface area (Å²) in [6.07, 6.45) is -2.74. The smallest absolute Gasteiger partial charge is 0.407 e. The van der Waals surface area contributed by atoms with E-state index in [1.54, 1.807) is 24.3 Å². The summed E-state index contributed by atoms with van der Waals surface area (Å²) in [5.74, 6) is -0.0745. The molecular formula is C29H25NO5. The fourth-order valence-corrected chi connectivity index (χ4v) is 4.89. The maximum atomic E-state index is 12.4. The highest BCUT2D eigenvalue weighted by atomic mass is 16.5. The number of benzene rings is 4. The van der Waals surface area contributed by atoms with Crippen LogP contribution in [0.2, 0.25) is 0 Å². The first-order valence-corrected chi connectivity index (χ1v) is 11.5. The quantitative estimate of drug-likeness (QED) is 0.346. The van der Waals surface area contributed by atoms with Crippen molar-refractivity contribution in [3.8, 4) is 11.1 Å². The monoisotopic (exact) mass is 467 g/mol. The Labute approximate surface area is 202 Å². The van der Waals surface area contributed by atoms with Crippen molar-refractivity contribution < 1.29 is 24.5 Å². The van der Waals surface area contributed by atoms with Crippen LogP contribution in [0, 0.1) is 0 Å². The van der Waals surface area contributed by atoms with E-state index in [4.69, 9.17) is 4.74 Å². The van der Waals surface area contributed by atoms with Gasteiger partial charge in [0.15, 0.2) is 0 Å². The summed E-state index contributed by atoms with van der Waals surface area (Å²) < 4.78 is 5.49. The average Bonchev–Trinajstić information content (AvgIpc) is 3.23. The number of hydrogen-bond acceptors (Lipinski definition) is 5. The number of aliphatic hydroxyl groups is 2. The Bertz CT molecular complexity index is 1350. The van der Waals surface area contributed by atoms with Gasteiger partial charge in [0, 0.05) is 23.6 Å². The molecular weight excluding hydrogens is 442 g/mol. The number of aldehydes is 1. The third kappa shape index (κ3) is 4.30. The standard InChI is InChI=1S/C29H25NO5/c31-16-19-14-13-18-7-1-2-8-20(18)27(19)28(33)26(32)15-30-29(34)35-17-25-23-11-5-3-9-21(23)22-10-4-6-12-24(22)25/h1-14,16,25-26,28,32-33H,15,17H2,(H,30,34). The summed E-state index contributed by atoms with van der Waals surface area (Å²) in [6.45, 7) is -0.0868. The lowest BCUT2D eigenvalue weighted by molar-refractivity contribution is 0.0190. The molecule has 0 aliphatic heterocycles. The maximum absolute atomic E-state index is 12.4. The van der Waals surface area contributed by atoms with Crippen LogP contribution in [-0.4, -0.2) is 41.8 Å². The molecule has 176 valence electrons. The molecule has 0 spiro atoms. The van der Waals surface area contributed by atoms with Crippen LogP contribution >= 0.6 is 0 Å². The number of amides is 1. The van der Waals surface area contributed by atoms with E-state index in [-0.39, 0.29) is 24.6 Å². The van der Waals surface area contributed by atoms with Crippen molar-refractivity contribution in [1.29, 1.82) is 0 Å². The summed E-state index contributed by atoms with van der Waals surface area (Å²) >= 11 is 0. The van der Waals surface area contributed by atoms with Gasteiger partial charge in [-0.3, -0.25) is 4.79 Å². The van der Waals surface area contributed by atoms with Crippen LogP contribution in [-0.2, 0) is 4.74 Å². The van der Waals surface area contributed by atoms with Gasteiger partial charge < -0.3 is 20.3 Å². The number of alkyl carbamates (subject to hydrolysis) is 1. The highest BCUT2D eigenvalue weighted by molar-refractivity contribution is 5.93. The zero-order chi connectivity index (χ0) is 24.4. The predicted octanol–water partition coefficient (Wildman–Crippen LogP) is 4.59. The minimum absolute atomic E-state index is 0.0745. The third-order valence-electron chi connectivity index (χ3n) is 6.59. The Hall–Kier alpha value is -4.00. The molecule has 1 aliphatic rings. The molecule has 0 fully saturated rings. The second-order valence-electron chi connectivity index (χ2n) is 8.63. The SMILES string of the molecule is O=Cc1ccc2ccccc2c1C(O)C(O)CNC(=O)OCC1c2ccccc2-c2ccccc21. The topological polar surface area (TPSA) is 95.9 Å². The number of ether oxygens (including phenoxy) is 1. The lowest BCUT2D eigenvalue weighted by atomic mass is 9.93. The average molecular weight is 468 g/mol. The molecule has 4 aromatic rings. The fourth-order valence-electron chi connectivity index (χ4n) is 4.89. The van der Waals surface area contributed by atoms with Crippen molar-refractivity contribution in [1.82, 2.24) is 5.32 Å². The van der Waals surface area contributed by atoms with Gasteiger partial charge in [0.05, 0.1) is 0 Å². The molecule has 35 heavy (non-hydrogen) atoms. The second kappa shape index (κ2) is 9.70. The zero-order valence-corrected chi connectivity index (χ0v) is 18.9. The molecule has 0 radical (unpaired) electrons. The number of nitrogens with one attached hydrogen (secondary N) is 1. The van der Waals surface area contributed by atoms with E-state index in [0.717, 1.165) is 27.6 Å². The van der Waals surface area contributed by atoms with Gasteiger partial charge >= 0.3 is 6.09 Å². The summed E-state index contributed by atoms with van der Waals surface area (Å²) in [5, 5.41) is 25.5. The van der Waals surface area contributed by atoms with E-state index in [2.05, 4.69) is 17.4 Å². The van der Waals surface area contributed by atoms with E-state index < -0.39 is 18.3 Å². The number of carbonyl (C=O) groups is 2. The van der Waals surface area contributed by atoms with Gasteiger partial charge in [-0.2, -0.15) is 0 Å². The molecule has 4 aromatic carbocycles. The van der Waals surface area contributed by atoms with E-state index in [9.17, 15) is 19.8 Å². The van der Waals surface area contributed by atoms with Crippen molar-refractivity contribution in [2.75, 3.05) is 13.2 Å². The van der Waals surface area contributed by atoms with Crippen molar-refractivity contribution in [3.05, 3.63) is 107 Å². The van der Waals surface area contributed by atoms with Crippen LogP contribution in [0.15, 0.2) is 84.9 Å². The molecule has 0 bridgehead atoms. The number of carbonyl (C=O) groups excluding carboxylic acids is 2. The van der Waals surface area contributed by atoms with Crippen molar-refractivity contribution >= 4 is 23.2 Å². The lowest BCUT2D eigenvalue weighted by Crippen LogP contribution is -2.36.